The lowest BCUT2D eigenvalue weighted by molar-refractivity contribution is 1.09. The van der Waals surface area contributed by atoms with Crippen LogP contribution in [-0.4, -0.2) is 15.2 Å². The van der Waals surface area contributed by atoms with Crippen LogP contribution >= 0.6 is 34.2 Å². The van der Waals surface area contributed by atoms with Crippen molar-refractivity contribution in [3.63, 3.8) is 0 Å². The van der Waals surface area contributed by atoms with Crippen LogP contribution in [0.4, 0.5) is 0 Å². The number of aromatic amines is 1. The summed E-state index contributed by atoms with van der Waals surface area (Å²) in [6, 6.07) is 1.72. The molecule has 0 atom stereocenters. The van der Waals surface area contributed by atoms with Crippen LogP contribution < -0.4 is 0 Å². The molecular formula is C6H3ClIN3. The zero-order chi connectivity index (χ0) is 7.84. The van der Waals surface area contributed by atoms with Crippen molar-refractivity contribution in [2.45, 2.75) is 0 Å². The first-order chi connectivity index (χ1) is 5.29. The molecule has 0 aromatic carbocycles. The fourth-order valence-electron chi connectivity index (χ4n) is 0.855. The average molecular weight is 279 g/mol. The van der Waals surface area contributed by atoms with Gasteiger partial charge in [0.2, 0.25) is 0 Å². The minimum absolute atomic E-state index is 0.633. The third-order valence-corrected chi connectivity index (χ3v) is 2.41. The maximum Gasteiger partial charge on any atom is 0.130 e. The van der Waals surface area contributed by atoms with Crippen LogP contribution in [0.15, 0.2) is 12.3 Å². The number of halogens is 2. The Bertz CT molecular complexity index is 398. The summed E-state index contributed by atoms with van der Waals surface area (Å²) in [6.45, 7) is 0. The third-order valence-electron chi connectivity index (χ3n) is 1.35. The largest absolute Gasteiger partial charge is 0.269 e. The second-order valence-corrected chi connectivity index (χ2v) is 3.51. The minimum atomic E-state index is 0.633. The van der Waals surface area contributed by atoms with Gasteiger partial charge < -0.3 is 0 Å². The Kier molecular flexibility index (Phi) is 1.72. The van der Waals surface area contributed by atoms with Gasteiger partial charge in [-0.3, -0.25) is 10.1 Å². The van der Waals surface area contributed by atoms with Gasteiger partial charge in [-0.15, -0.1) is 0 Å². The molecule has 0 aliphatic heterocycles. The van der Waals surface area contributed by atoms with E-state index in [0.717, 1.165) is 14.7 Å². The second-order valence-electron chi connectivity index (χ2n) is 2.03. The van der Waals surface area contributed by atoms with Gasteiger partial charge >= 0.3 is 0 Å². The molecule has 56 valence electrons. The monoisotopic (exact) mass is 279 g/mol. The number of fused-ring (bicyclic) bond motifs is 1. The van der Waals surface area contributed by atoms with E-state index < -0.39 is 0 Å². The van der Waals surface area contributed by atoms with Gasteiger partial charge in [0.1, 0.15) is 14.7 Å². The van der Waals surface area contributed by atoms with E-state index in [1.807, 2.05) is 0 Å². The van der Waals surface area contributed by atoms with Crippen LogP contribution in [0.2, 0.25) is 5.02 Å². The van der Waals surface area contributed by atoms with Gasteiger partial charge in [-0.05, 0) is 28.7 Å². The number of aromatic nitrogens is 3. The molecule has 0 aliphatic carbocycles. The number of rotatable bonds is 0. The summed E-state index contributed by atoms with van der Waals surface area (Å²) in [6.07, 6.45) is 1.67. The first kappa shape index (κ1) is 7.30. The van der Waals surface area contributed by atoms with Crippen LogP contribution in [-0.2, 0) is 0 Å². The molecule has 0 bridgehead atoms. The Labute approximate surface area is 81.3 Å². The molecule has 2 rings (SSSR count). The molecule has 0 fully saturated rings. The zero-order valence-electron chi connectivity index (χ0n) is 5.31. The summed E-state index contributed by atoms with van der Waals surface area (Å²) >= 11 is 7.98. The zero-order valence-corrected chi connectivity index (χ0v) is 8.22. The van der Waals surface area contributed by atoms with Crippen molar-refractivity contribution in [1.82, 2.24) is 15.2 Å². The summed E-state index contributed by atoms with van der Waals surface area (Å²) in [5, 5.41) is 7.43. The predicted molar refractivity (Wildman–Crippen MR) is 51.6 cm³/mol. The van der Waals surface area contributed by atoms with Crippen LogP contribution in [0.5, 0.6) is 0 Å². The van der Waals surface area contributed by atoms with Crippen LogP contribution in [0.25, 0.3) is 11.0 Å². The third kappa shape index (κ3) is 1.10. The first-order valence-corrected chi connectivity index (χ1v) is 4.39. The molecule has 2 aromatic rings. The van der Waals surface area contributed by atoms with E-state index >= 15 is 0 Å². The van der Waals surface area contributed by atoms with Gasteiger partial charge in [-0.1, -0.05) is 11.6 Å². The van der Waals surface area contributed by atoms with E-state index in [1.165, 1.54) is 0 Å². The summed E-state index contributed by atoms with van der Waals surface area (Å²) in [4.78, 5) is 4.12. The van der Waals surface area contributed by atoms with E-state index in [0.29, 0.717) is 5.02 Å². The van der Waals surface area contributed by atoms with Crippen molar-refractivity contribution in [3.05, 3.63) is 21.0 Å². The molecule has 0 amide bonds. The molecule has 0 aliphatic rings. The fourth-order valence-corrected chi connectivity index (χ4v) is 1.56. The van der Waals surface area contributed by atoms with Crippen molar-refractivity contribution in [3.8, 4) is 0 Å². The number of H-pyrrole nitrogens is 1. The van der Waals surface area contributed by atoms with E-state index in [-0.39, 0.29) is 0 Å². The highest BCUT2D eigenvalue weighted by Gasteiger charge is 2.05. The predicted octanol–water partition coefficient (Wildman–Crippen LogP) is 2.22. The van der Waals surface area contributed by atoms with Gasteiger partial charge in [0, 0.05) is 6.20 Å². The number of nitrogens with zero attached hydrogens (tertiary/aromatic N) is 2. The van der Waals surface area contributed by atoms with Gasteiger partial charge in [-0.25, -0.2) is 0 Å². The Hall–Kier alpha value is -0.360. The molecule has 11 heavy (non-hydrogen) atoms. The first-order valence-electron chi connectivity index (χ1n) is 2.93. The highest BCUT2D eigenvalue weighted by atomic mass is 127. The Morgan fingerprint density at radius 3 is 3.00 bits per heavy atom. The lowest BCUT2D eigenvalue weighted by atomic mass is 10.4. The second kappa shape index (κ2) is 2.60. The number of nitrogens with one attached hydrogen (secondary N) is 1. The number of hydrogen-bond acceptors (Lipinski definition) is 2. The summed E-state index contributed by atoms with van der Waals surface area (Å²) < 4.78 is 0.917. The molecule has 0 saturated heterocycles. The van der Waals surface area contributed by atoms with Crippen molar-refractivity contribution < 1.29 is 0 Å². The van der Waals surface area contributed by atoms with Crippen molar-refractivity contribution in [1.29, 1.82) is 0 Å². The van der Waals surface area contributed by atoms with Gasteiger partial charge in [0.25, 0.3) is 0 Å². The van der Waals surface area contributed by atoms with E-state index in [2.05, 4.69) is 37.8 Å². The maximum atomic E-state index is 5.84. The quantitative estimate of drug-likeness (QED) is 0.751. The number of hydrogen-bond donors (Lipinski definition) is 1. The van der Waals surface area contributed by atoms with Crippen molar-refractivity contribution in [2.75, 3.05) is 0 Å². The Balaban J connectivity index is 2.94. The van der Waals surface area contributed by atoms with E-state index in [4.69, 9.17) is 11.6 Å². The van der Waals surface area contributed by atoms with Gasteiger partial charge in [0.15, 0.2) is 0 Å². The molecule has 0 spiro atoms. The molecule has 2 heterocycles. The molecule has 3 nitrogen and oxygen atoms in total. The highest BCUT2D eigenvalue weighted by molar-refractivity contribution is 14.1. The molecular weight excluding hydrogens is 276 g/mol. The van der Waals surface area contributed by atoms with Gasteiger partial charge in [-0.2, -0.15) is 5.10 Å². The fraction of sp³-hybridized carbons (Fsp3) is 0. The molecule has 2 aromatic heterocycles. The molecule has 1 N–H and O–H groups in total. The topological polar surface area (TPSA) is 41.6 Å². The SMILES string of the molecule is Clc1ccnc2c(I)[nH]nc12. The number of pyridine rings is 1. The van der Waals surface area contributed by atoms with E-state index in [9.17, 15) is 0 Å². The van der Waals surface area contributed by atoms with Crippen LogP contribution in [0.3, 0.4) is 0 Å². The van der Waals surface area contributed by atoms with E-state index in [1.54, 1.807) is 12.3 Å². The van der Waals surface area contributed by atoms with Crippen LogP contribution in [0, 0.1) is 3.70 Å². The highest BCUT2D eigenvalue weighted by Crippen LogP contribution is 2.21. The molecule has 0 radical (unpaired) electrons. The Morgan fingerprint density at radius 1 is 1.45 bits per heavy atom. The van der Waals surface area contributed by atoms with Crippen LogP contribution in [0.1, 0.15) is 0 Å². The van der Waals surface area contributed by atoms with Crippen molar-refractivity contribution >= 4 is 45.2 Å². The van der Waals surface area contributed by atoms with Gasteiger partial charge in [0.05, 0.1) is 5.02 Å². The Morgan fingerprint density at radius 2 is 2.27 bits per heavy atom. The smallest absolute Gasteiger partial charge is 0.130 e. The summed E-state index contributed by atoms with van der Waals surface area (Å²) in [5.74, 6) is 0. The normalized spacial score (nSPS) is 10.7. The molecule has 0 saturated carbocycles. The standard InChI is InChI=1S/C6H3ClIN3/c7-3-1-2-9-5-4(3)10-11-6(5)8/h1-2H,(H,10,11). The average Bonchev–Trinajstić information content (AvgIpc) is 2.35. The maximum absolute atomic E-state index is 5.84. The lowest BCUT2D eigenvalue weighted by Crippen LogP contribution is -1.75. The summed E-state index contributed by atoms with van der Waals surface area (Å²) in [5.41, 5.74) is 1.57. The van der Waals surface area contributed by atoms with Crippen molar-refractivity contribution in [2.24, 2.45) is 0 Å². The minimum Gasteiger partial charge on any atom is -0.269 e. The lowest BCUT2D eigenvalue weighted by Gasteiger charge is -1.88. The molecule has 0 unspecified atom stereocenters. The molecule has 5 heteroatoms. The summed E-state index contributed by atoms with van der Waals surface area (Å²) in [7, 11) is 0.